The molecule has 0 aliphatic heterocycles. The summed E-state index contributed by atoms with van der Waals surface area (Å²) in [5, 5.41) is 7.48. The number of rotatable bonds is 4. The van der Waals surface area contributed by atoms with Crippen molar-refractivity contribution >= 4 is 5.97 Å². The van der Waals surface area contributed by atoms with E-state index in [4.69, 9.17) is 9.26 Å². The zero-order chi connectivity index (χ0) is 13.8. The van der Waals surface area contributed by atoms with Crippen LogP contribution in [-0.2, 0) is 16.1 Å². The molecule has 0 aromatic carbocycles. The van der Waals surface area contributed by atoms with Gasteiger partial charge in [-0.25, -0.2) is 0 Å². The lowest BCUT2D eigenvalue weighted by Gasteiger charge is -2.27. The van der Waals surface area contributed by atoms with E-state index in [2.05, 4.69) is 10.5 Å². The summed E-state index contributed by atoms with van der Waals surface area (Å²) in [7, 11) is 1.46. The molecule has 0 unspecified atom stereocenters. The van der Waals surface area contributed by atoms with Crippen LogP contribution < -0.4 is 5.32 Å². The Morgan fingerprint density at radius 2 is 2.05 bits per heavy atom. The lowest BCUT2D eigenvalue weighted by Crippen LogP contribution is -2.35. The summed E-state index contributed by atoms with van der Waals surface area (Å²) in [6, 6.07) is 0.467. The first-order valence-electron chi connectivity index (χ1n) is 6.84. The van der Waals surface area contributed by atoms with Crippen LogP contribution in [0.4, 0.5) is 0 Å². The van der Waals surface area contributed by atoms with Crippen LogP contribution in [0.15, 0.2) is 4.52 Å². The van der Waals surface area contributed by atoms with E-state index < -0.39 is 0 Å². The Balaban J connectivity index is 1.79. The number of carbonyl (C=O) groups is 1. The molecule has 1 heterocycles. The fourth-order valence-corrected chi connectivity index (χ4v) is 2.70. The normalized spacial score (nSPS) is 23.3. The molecule has 0 atom stereocenters. The van der Waals surface area contributed by atoms with Crippen molar-refractivity contribution in [3.05, 3.63) is 17.0 Å². The van der Waals surface area contributed by atoms with Gasteiger partial charge < -0.3 is 14.6 Å². The second-order valence-corrected chi connectivity index (χ2v) is 5.26. The van der Waals surface area contributed by atoms with Crippen molar-refractivity contribution in [1.82, 2.24) is 10.5 Å². The van der Waals surface area contributed by atoms with Gasteiger partial charge in [0.15, 0.2) is 0 Å². The van der Waals surface area contributed by atoms with Gasteiger partial charge in [0.1, 0.15) is 5.76 Å². The molecule has 1 aromatic rings. The van der Waals surface area contributed by atoms with Gasteiger partial charge in [-0.3, -0.25) is 4.79 Å². The van der Waals surface area contributed by atoms with Crippen LogP contribution in [0.25, 0.3) is 0 Å². The van der Waals surface area contributed by atoms with Crippen molar-refractivity contribution in [2.45, 2.75) is 52.1 Å². The second kappa shape index (κ2) is 6.19. The minimum Gasteiger partial charge on any atom is -0.469 e. The first-order valence-corrected chi connectivity index (χ1v) is 6.84. The molecule has 0 radical (unpaired) electrons. The fraction of sp³-hybridized carbons (Fsp3) is 0.714. The quantitative estimate of drug-likeness (QED) is 0.846. The standard InChI is InChI=1S/C14H22N2O3/c1-9-13(10(2)19-16-9)8-15-12-6-4-11(5-7-12)14(17)18-3/h11-12,15H,4-8H2,1-3H3. The second-order valence-electron chi connectivity index (χ2n) is 5.26. The Labute approximate surface area is 113 Å². The summed E-state index contributed by atoms with van der Waals surface area (Å²) in [4.78, 5) is 11.4. The van der Waals surface area contributed by atoms with Gasteiger partial charge in [0, 0.05) is 18.2 Å². The van der Waals surface area contributed by atoms with Crippen molar-refractivity contribution in [1.29, 1.82) is 0 Å². The predicted octanol–water partition coefficient (Wildman–Crippen LogP) is 2.11. The number of nitrogens with zero attached hydrogens (tertiary/aromatic N) is 1. The SMILES string of the molecule is COC(=O)C1CCC(NCc2c(C)noc2C)CC1. The van der Waals surface area contributed by atoms with Crippen LogP contribution in [0.1, 0.15) is 42.7 Å². The summed E-state index contributed by atoms with van der Waals surface area (Å²) in [5.41, 5.74) is 2.10. The van der Waals surface area contributed by atoms with Gasteiger partial charge in [0.2, 0.25) is 0 Å². The molecule has 5 nitrogen and oxygen atoms in total. The molecule has 5 heteroatoms. The fourth-order valence-electron chi connectivity index (χ4n) is 2.70. The lowest BCUT2D eigenvalue weighted by molar-refractivity contribution is -0.146. The predicted molar refractivity (Wildman–Crippen MR) is 70.6 cm³/mol. The smallest absolute Gasteiger partial charge is 0.308 e. The van der Waals surface area contributed by atoms with Gasteiger partial charge in [0.05, 0.1) is 18.7 Å². The highest BCUT2D eigenvalue weighted by Gasteiger charge is 2.26. The zero-order valence-electron chi connectivity index (χ0n) is 11.9. The van der Waals surface area contributed by atoms with Crippen LogP contribution in [0.3, 0.4) is 0 Å². The molecule has 1 aliphatic rings. The van der Waals surface area contributed by atoms with Gasteiger partial charge in [0.25, 0.3) is 0 Å². The highest BCUT2D eigenvalue weighted by molar-refractivity contribution is 5.72. The van der Waals surface area contributed by atoms with Crippen molar-refractivity contribution in [3.8, 4) is 0 Å². The summed E-state index contributed by atoms with van der Waals surface area (Å²) in [5.74, 6) is 0.902. The van der Waals surface area contributed by atoms with Gasteiger partial charge in [-0.05, 0) is 39.5 Å². The zero-order valence-corrected chi connectivity index (χ0v) is 11.9. The van der Waals surface area contributed by atoms with Crippen molar-refractivity contribution < 1.29 is 14.1 Å². The van der Waals surface area contributed by atoms with Crippen LogP contribution in [0.5, 0.6) is 0 Å². The summed E-state index contributed by atoms with van der Waals surface area (Å²) in [6.45, 7) is 4.68. The minimum absolute atomic E-state index is 0.0656. The molecule has 106 valence electrons. The lowest BCUT2D eigenvalue weighted by atomic mass is 9.86. The van der Waals surface area contributed by atoms with Gasteiger partial charge in [-0.2, -0.15) is 0 Å². The number of aromatic nitrogens is 1. The Morgan fingerprint density at radius 3 is 2.58 bits per heavy atom. The molecular formula is C14H22N2O3. The Kier molecular flexibility index (Phi) is 4.58. The average molecular weight is 266 g/mol. The Bertz CT molecular complexity index is 414. The largest absolute Gasteiger partial charge is 0.469 e. The number of ether oxygens (including phenoxy) is 1. The minimum atomic E-state index is -0.0656. The Hall–Kier alpha value is -1.36. The van der Waals surface area contributed by atoms with E-state index in [1.807, 2.05) is 13.8 Å². The van der Waals surface area contributed by atoms with E-state index in [0.717, 1.165) is 49.2 Å². The van der Waals surface area contributed by atoms with Gasteiger partial charge in [-0.1, -0.05) is 5.16 Å². The molecule has 0 amide bonds. The third-order valence-electron chi connectivity index (χ3n) is 4.01. The van der Waals surface area contributed by atoms with Crippen LogP contribution in [0.2, 0.25) is 0 Å². The molecule has 19 heavy (non-hydrogen) atoms. The molecule has 0 saturated heterocycles. The maximum absolute atomic E-state index is 11.4. The van der Waals surface area contributed by atoms with E-state index in [1.54, 1.807) is 0 Å². The monoisotopic (exact) mass is 266 g/mol. The molecule has 1 saturated carbocycles. The highest BCUT2D eigenvalue weighted by Crippen LogP contribution is 2.25. The third kappa shape index (κ3) is 3.35. The van der Waals surface area contributed by atoms with Gasteiger partial charge >= 0.3 is 5.97 Å². The van der Waals surface area contributed by atoms with E-state index in [1.165, 1.54) is 7.11 Å². The number of hydrogen-bond acceptors (Lipinski definition) is 5. The maximum Gasteiger partial charge on any atom is 0.308 e. The molecule has 1 aliphatic carbocycles. The first-order chi connectivity index (χ1) is 9.11. The molecule has 0 spiro atoms. The molecule has 1 fully saturated rings. The molecule has 0 bridgehead atoms. The average Bonchev–Trinajstić information content (AvgIpc) is 2.75. The van der Waals surface area contributed by atoms with E-state index >= 15 is 0 Å². The van der Waals surface area contributed by atoms with Crippen LogP contribution in [0, 0.1) is 19.8 Å². The molecule has 2 rings (SSSR count). The number of esters is 1. The van der Waals surface area contributed by atoms with Crippen molar-refractivity contribution in [2.24, 2.45) is 5.92 Å². The molecular weight excluding hydrogens is 244 g/mol. The van der Waals surface area contributed by atoms with Crippen molar-refractivity contribution in [3.63, 3.8) is 0 Å². The Morgan fingerprint density at radius 1 is 1.37 bits per heavy atom. The summed E-state index contributed by atoms with van der Waals surface area (Å²) >= 11 is 0. The maximum atomic E-state index is 11.4. The molecule has 1 aromatic heterocycles. The van der Waals surface area contributed by atoms with Gasteiger partial charge in [-0.15, -0.1) is 0 Å². The van der Waals surface area contributed by atoms with E-state index in [-0.39, 0.29) is 11.9 Å². The number of methoxy groups -OCH3 is 1. The van der Waals surface area contributed by atoms with Crippen molar-refractivity contribution in [2.75, 3.05) is 7.11 Å². The van der Waals surface area contributed by atoms with Crippen LogP contribution in [-0.4, -0.2) is 24.3 Å². The summed E-state index contributed by atoms with van der Waals surface area (Å²) in [6.07, 6.45) is 3.85. The highest BCUT2D eigenvalue weighted by atomic mass is 16.5. The first kappa shape index (κ1) is 14.1. The van der Waals surface area contributed by atoms with Crippen LogP contribution >= 0.6 is 0 Å². The third-order valence-corrected chi connectivity index (χ3v) is 4.01. The number of carbonyl (C=O) groups excluding carboxylic acids is 1. The number of nitrogens with one attached hydrogen (secondary N) is 1. The van der Waals surface area contributed by atoms with E-state index in [9.17, 15) is 4.79 Å². The number of aryl methyl sites for hydroxylation is 2. The topological polar surface area (TPSA) is 64.4 Å². The summed E-state index contributed by atoms with van der Waals surface area (Å²) < 4.78 is 9.94. The molecule has 1 N–H and O–H groups in total. The van der Waals surface area contributed by atoms with E-state index in [0.29, 0.717) is 6.04 Å². The number of hydrogen-bond donors (Lipinski definition) is 1.